The van der Waals surface area contributed by atoms with Crippen LogP contribution >= 0.6 is 0 Å². The molecule has 4 N–H and O–H groups in total. The minimum atomic E-state index is -1.89. The quantitative estimate of drug-likeness (QED) is 0.258. The molecule has 0 aromatic heterocycles. The third-order valence-corrected chi connectivity index (χ3v) is 10.3. The molecule has 14 nitrogen and oxygen atoms in total. The molecule has 0 heterocycles. The Morgan fingerprint density at radius 2 is 0.923 bits per heavy atom. The van der Waals surface area contributed by atoms with Crippen LogP contribution in [0.25, 0.3) is 11.1 Å². The first-order chi connectivity index (χ1) is 24.1. The van der Waals surface area contributed by atoms with E-state index >= 15 is 0 Å². The maximum absolute atomic E-state index is 14.0. The number of carbonyl (C=O) groups is 8. The summed E-state index contributed by atoms with van der Waals surface area (Å²) in [5.41, 5.74) is -8.14. The van der Waals surface area contributed by atoms with E-state index in [0.717, 1.165) is 26.0 Å². The molecule has 0 saturated carbocycles. The van der Waals surface area contributed by atoms with Gasteiger partial charge in [0, 0.05) is 60.1 Å². The third kappa shape index (κ3) is 5.23. The number of aliphatic hydroxyl groups is 2. The number of phenolic OH excluding ortho intramolecular Hbond substituents is 2. The normalized spacial score (nSPS) is 26.7. The van der Waals surface area contributed by atoms with E-state index in [0.29, 0.717) is 0 Å². The lowest BCUT2D eigenvalue weighted by Crippen LogP contribution is -2.52. The molecule has 6 atom stereocenters. The second-order valence-corrected chi connectivity index (χ2v) is 14.2. The highest BCUT2D eigenvalue weighted by molar-refractivity contribution is 6.40. The highest BCUT2D eigenvalue weighted by Crippen LogP contribution is 2.51. The topological polar surface area (TPSA) is 236 Å². The molecule has 2 aromatic rings. The Morgan fingerprint density at radius 3 is 1.23 bits per heavy atom. The number of rotatable bonds is 5. The Morgan fingerprint density at radius 1 is 0.615 bits per heavy atom. The lowest BCUT2D eigenvalue weighted by molar-refractivity contribution is -0.154. The van der Waals surface area contributed by atoms with Crippen LogP contribution in [0, 0.1) is 11.8 Å². The lowest BCUT2D eigenvalue weighted by Gasteiger charge is -2.42. The molecule has 0 unspecified atom stereocenters. The molecule has 0 aliphatic heterocycles. The maximum atomic E-state index is 14.0. The zero-order valence-corrected chi connectivity index (χ0v) is 28.9. The summed E-state index contributed by atoms with van der Waals surface area (Å²) in [6.07, 6.45) is -3.49. The first-order valence-corrected chi connectivity index (χ1v) is 16.4. The largest absolute Gasteiger partial charge is 0.506 e. The predicted molar refractivity (Wildman–Crippen MR) is 177 cm³/mol. The molecule has 52 heavy (non-hydrogen) atoms. The van der Waals surface area contributed by atoms with Crippen molar-refractivity contribution < 1.29 is 68.3 Å². The van der Waals surface area contributed by atoms with Crippen LogP contribution in [0.2, 0.25) is 0 Å². The zero-order valence-electron chi connectivity index (χ0n) is 28.9. The van der Waals surface area contributed by atoms with Crippen molar-refractivity contribution >= 4 is 46.6 Å². The minimum absolute atomic E-state index is 0.274. The summed E-state index contributed by atoms with van der Waals surface area (Å²) >= 11 is 0. The molecule has 4 aliphatic rings. The fourth-order valence-corrected chi connectivity index (χ4v) is 8.42. The van der Waals surface area contributed by atoms with E-state index in [1.54, 1.807) is 0 Å². The molecule has 0 radical (unpaired) electrons. The van der Waals surface area contributed by atoms with Crippen LogP contribution in [-0.4, -0.2) is 90.5 Å². The van der Waals surface area contributed by atoms with Crippen molar-refractivity contribution in [2.75, 3.05) is 0 Å². The molecule has 4 aliphatic carbocycles. The van der Waals surface area contributed by atoms with E-state index in [2.05, 4.69) is 0 Å². The highest BCUT2D eigenvalue weighted by Gasteiger charge is 2.55. The number of fused-ring (bicyclic) bond motifs is 2. The van der Waals surface area contributed by atoms with E-state index in [1.807, 2.05) is 0 Å². The van der Waals surface area contributed by atoms with Crippen molar-refractivity contribution in [3.8, 4) is 22.6 Å². The second kappa shape index (κ2) is 12.0. The molecule has 0 saturated heterocycles. The number of hydrogen-bond acceptors (Lipinski definition) is 14. The molecule has 0 amide bonds. The van der Waals surface area contributed by atoms with E-state index in [-0.39, 0.29) is 33.4 Å². The van der Waals surface area contributed by atoms with Crippen molar-refractivity contribution in [1.29, 1.82) is 0 Å². The first kappa shape index (κ1) is 36.2. The van der Waals surface area contributed by atoms with Gasteiger partial charge in [0.2, 0.25) is 11.6 Å². The number of carbonyl (C=O) groups excluding carboxylic acids is 8. The van der Waals surface area contributed by atoms with Gasteiger partial charge in [-0.3, -0.25) is 38.4 Å². The minimum Gasteiger partial charge on any atom is -0.506 e. The van der Waals surface area contributed by atoms with E-state index in [9.17, 15) is 58.8 Å². The van der Waals surface area contributed by atoms with Gasteiger partial charge in [-0.2, -0.15) is 0 Å². The number of ketones is 6. The van der Waals surface area contributed by atoms with Gasteiger partial charge in [0.25, 0.3) is 0 Å². The van der Waals surface area contributed by atoms with Crippen LogP contribution in [-0.2, 0) is 28.7 Å². The highest BCUT2D eigenvalue weighted by atomic mass is 16.5. The molecule has 2 aromatic carbocycles. The number of benzene rings is 2. The summed E-state index contributed by atoms with van der Waals surface area (Å²) in [5.74, 6) is -11.4. The Balaban J connectivity index is 1.48. The van der Waals surface area contributed by atoms with Crippen LogP contribution in [0.5, 0.6) is 11.5 Å². The average molecular weight is 715 g/mol. The molecule has 0 bridgehead atoms. The van der Waals surface area contributed by atoms with E-state index in [1.165, 1.54) is 39.8 Å². The molecular weight excluding hydrogens is 680 g/mol. The van der Waals surface area contributed by atoms with Gasteiger partial charge in [0.15, 0.2) is 23.1 Å². The Hall–Kier alpha value is -5.60. The summed E-state index contributed by atoms with van der Waals surface area (Å²) in [7, 11) is 0. The monoisotopic (exact) mass is 714 g/mol. The van der Waals surface area contributed by atoms with Gasteiger partial charge in [-0.1, -0.05) is 0 Å². The number of Topliss-reactive ketones (excluding diaryl/α,β-unsaturated/α-hetero) is 6. The zero-order chi connectivity index (χ0) is 38.5. The molecule has 6 rings (SSSR count). The van der Waals surface area contributed by atoms with Crippen LogP contribution in [0.1, 0.15) is 95.8 Å². The van der Waals surface area contributed by atoms with Gasteiger partial charge in [0.05, 0.1) is 45.3 Å². The summed E-state index contributed by atoms with van der Waals surface area (Å²) < 4.78 is 10.5. The lowest BCUT2D eigenvalue weighted by atomic mass is 9.64. The van der Waals surface area contributed by atoms with Crippen LogP contribution in [0.4, 0.5) is 0 Å². The third-order valence-electron chi connectivity index (χ3n) is 10.3. The van der Waals surface area contributed by atoms with Gasteiger partial charge in [-0.05, 0) is 52.0 Å². The number of aromatic hydroxyl groups is 2. The standard InChI is InChI=1S/C38H34O14/c1-13(51-15(3)39)29-27-25(21(41)11-37(29,5)49)35(47)23-19(33(27)45)9-7-17(31(23)43)18-8-10-20-24(32(18)44)36(48)26-22(42)12-38(6,50)30(28(26)34(20)46)14(2)52-16(4)40/h7-10,13-14,29-30,43-44,49-50H,11-12H2,1-6H3/t13-,14-,29+,30+,37-,38+/m1/s1. The Labute approximate surface area is 295 Å². The van der Waals surface area contributed by atoms with Gasteiger partial charge < -0.3 is 29.9 Å². The number of esters is 2. The van der Waals surface area contributed by atoms with Gasteiger partial charge in [0.1, 0.15) is 23.7 Å². The van der Waals surface area contributed by atoms with Gasteiger partial charge >= 0.3 is 11.9 Å². The average Bonchev–Trinajstić information content (AvgIpc) is 3.00. The van der Waals surface area contributed by atoms with Crippen LogP contribution < -0.4 is 0 Å². The molecule has 270 valence electrons. The second-order valence-electron chi connectivity index (χ2n) is 14.2. The SMILES string of the molecule is CC(=O)O[C@H](C)[C@H]1C2=C(C(=O)C[C@]1(C)O)C(=O)c1c(ccc(-c3ccc4c(c3O)C(=O)C3=C(C4=O)[C@H]([C@@H](C)OC(C)=O)[C@](C)(O)CC3=O)c1O)C2=O. The number of ether oxygens (including phenoxy) is 2. The number of hydrogen-bond donors (Lipinski definition) is 4. The molecule has 0 fully saturated rings. The van der Waals surface area contributed by atoms with Crippen LogP contribution in [0.15, 0.2) is 46.6 Å². The van der Waals surface area contributed by atoms with Crippen LogP contribution in [0.3, 0.4) is 0 Å². The van der Waals surface area contributed by atoms with E-state index < -0.39 is 128 Å². The summed E-state index contributed by atoms with van der Waals surface area (Å²) in [5, 5.41) is 45.4. The first-order valence-electron chi connectivity index (χ1n) is 16.4. The Kier molecular flexibility index (Phi) is 8.35. The number of phenols is 2. The molecular formula is C38H34O14. The molecule has 0 spiro atoms. The van der Waals surface area contributed by atoms with Crippen molar-refractivity contribution in [2.24, 2.45) is 11.8 Å². The summed E-state index contributed by atoms with van der Waals surface area (Å²) in [4.78, 5) is 106. The van der Waals surface area contributed by atoms with Crippen molar-refractivity contribution in [1.82, 2.24) is 0 Å². The van der Waals surface area contributed by atoms with Crippen molar-refractivity contribution in [2.45, 2.75) is 77.8 Å². The maximum Gasteiger partial charge on any atom is 0.302 e. The summed E-state index contributed by atoms with van der Waals surface area (Å²) in [6.45, 7) is 7.61. The fraction of sp³-hybridized carbons (Fsp3) is 0.368. The fourth-order valence-electron chi connectivity index (χ4n) is 8.42. The van der Waals surface area contributed by atoms with Crippen molar-refractivity contribution in [3.05, 3.63) is 68.8 Å². The molecule has 14 heteroatoms. The Bertz CT molecular complexity index is 2020. The van der Waals surface area contributed by atoms with Crippen molar-refractivity contribution in [3.63, 3.8) is 0 Å². The summed E-state index contributed by atoms with van der Waals surface area (Å²) in [6, 6.07) is 4.63. The van der Waals surface area contributed by atoms with Gasteiger partial charge in [-0.15, -0.1) is 0 Å². The number of allylic oxidation sites excluding steroid dienone is 2. The van der Waals surface area contributed by atoms with E-state index in [4.69, 9.17) is 9.47 Å². The van der Waals surface area contributed by atoms with Gasteiger partial charge in [-0.25, -0.2) is 0 Å². The smallest absolute Gasteiger partial charge is 0.302 e. The predicted octanol–water partition coefficient (Wildman–Crippen LogP) is 2.70.